The number of benzene rings is 1. The quantitative estimate of drug-likeness (QED) is 0.682. The summed E-state index contributed by atoms with van der Waals surface area (Å²) in [6.07, 6.45) is 0. The lowest BCUT2D eigenvalue weighted by molar-refractivity contribution is 0.181. The van der Waals surface area contributed by atoms with Crippen molar-refractivity contribution in [1.29, 1.82) is 0 Å². The van der Waals surface area contributed by atoms with Gasteiger partial charge in [-0.3, -0.25) is 0 Å². The van der Waals surface area contributed by atoms with Gasteiger partial charge in [-0.2, -0.15) is 0 Å². The molecule has 0 atom stereocenters. The summed E-state index contributed by atoms with van der Waals surface area (Å²) in [4.78, 5) is 8.73. The van der Waals surface area contributed by atoms with Crippen molar-refractivity contribution in [3.05, 3.63) is 38.0 Å². The largest absolute Gasteiger partial charge is 0.496 e. The van der Waals surface area contributed by atoms with Crippen LogP contribution in [0.1, 0.15) is 5.69 Å². The molecule has 1 aromatic heterocycles. The van der Waals surface area contributed by atoms with Crippen LogP contribution >= 0.6 is 43.5 Å². The van der Waals surface area contributed by atoms with Gasteiger partial charge in [0.1, 0.15) is 10.9 Å². The fourth-order valence-corrected chi connectivity index (χ4v) is 2.65. The Morgan fingerprint density at radius 3 is 2.55 bits per heavy atom. The molecule has 0 saturated carbocycles. The van der Waals surface area contributed by atoms with Crippen LogP contribution in [0.25, 0.3) is 11.4 Å². The van der Waals surface area contributed by atoms with Crippen LogP contribution in [0.5, 0.6) is 5.75 Å². The van der Waals surface area contributed by atoms with E-state index in [0.717, 1.165) is 15.8 Å². The number of rotatable bonds is 4. The molecule has 0 spiro atoms. The minimum absolute atomic E-state index is 0.354. The zero-order valence-corrected chi connectivity index (χ0v) is 14.7. The van der Waals surface area contributed by atoms with Gasteiger partial charge in [0.2, 0.25) is 0 Å². The first kappa shape index (κ1) is 15.7. The molecule has 1 heterocycles. The average molecular weight is 423 g/mol. The van der Waals surface area contributed by atoms with E-state index in [9.17, 15) is 0 Å². The van der Waals surface area contributed by atoms with E-state index in [0.29, 0.717) is 27.8 Å². The van der Waals surface area contributed by atoms with Crippen molar-refractivity contribution in [1.82, 2.24) is 9.97 Å². The van der Waals surface area contributed by atoms with Gasteiger partial charge in [0.05, 0.1) is 28.4 Å². The average Bonchev–Trinajstić information content (AvgIpc) is 2.43. The second-order valence-corrected chi connectivity index (χ2v) is 5.89. The SMILES string of the molecule is COCc1nc(-c2ccc(OC)c(Br)c2)nc(Cl)c1Br. The lowest BCUT2D eigenvalue weighted by Gasteiger charge is -2.09. The predicted octanol–water partition coefficient (Wildman–Crippen LogP) is 4.48. The highest BCUT2D eigenvalue weighted by Gasteiger charge is 2.13. The Kier molecular flexibility index (Phi) is 5.37. The molecule has 1 aromatic carbocycles. The van der Waals surface area contributed by atoms with Crippen LogP contribution in [0.3, 0.4) is 0 Å². The van der Waals surface area contributed by atoms with Crippen molar-refractivity contribution in [2.24, 2.45) is 0 Å². The fourth-order valence-electron chi connectivity index (χ4n) is 1.63. The predicted molar refractivity (Wildman–Crippen MR) is 85.1 cm³/mol. The summed E-state index contributed by atoms with van der Waals surface area (Å²) in [5.41, 5.74) is 1.54. The standard InChI is InChI=1S/C13H11Br2ClN2O2/c1-19-6-9-11(15)12(16)18-13(17-9)7-3-4-10(20-2)8(14)5-7/h3-5H,6H2,1-2H3. The molecule has 0 aliphatic heterocycles. The minimum atomic E-state index is 0.354. The number of hydrogen-bond donors (Lipinski definition) is 0. The molecule has 0 radical (unpaired) electrons. The highest BCUT2D eigenvalue weighted by Crippen LogP contribution is 2.31. The van der Waals surface area contributed by atoms with E-state index in [-0.39, 0.29) is 0 Å². The van der Waals surface area contributed by atoms with Crippen LogP contribution in [0.4, 0.5) is 0 Å². The Labute approximate surface area is 138 Å². The van der Waals surface area contributed by atoms with Gasteiger partial charge in [0, 0.05) is 12.7 Å². The molecule has 0 bridgehead atoms. The van der Waals surface area contributed by atoms with E-state index < -0.39 is 0 Å². The monoisotopic (exact) mass is 420 g/mol. The van der Waals surface area contributed by atoms with Crippen LogP contribution in [0.2, 0.25) is 5.15 Å². The second kappa shape index (κ2) is 6.85. The van der Waals surface area contributed by atoms with E-state index in [1.165, 1.54) is 0 Å². The number of aromatic nitrogens is 2. The Hall–Kier alpha value is -0.690. The van der Waals surface area contributed by atoms with Crippen molar-refractivity contribution in [2.45, 2.75) is 6.61 Å². The van der Waals surface area contributed by atoms with Gasteiger partial charge in [-0.05, 0) is 50.1 Å². The van der Waals surface area contributed by atoms with Crippen LogP contribution in [0, 0.1) is 0 Å². The van der Waals surface area contributed by atoms with Gasteiger partial charge in [-0.15, -0.1) is 0 Å². The molecule has 2 rings (SSSR count). The molecule has 4 nitrogen and oxygen atoms in total. The van der Waals surface area contributed by atoms with Gasteiger partial charge in [-0.1, -0.05) is 11.6 Å². The Bertz CT molecular complexity index is 638. The summed E-state index contributed by atoms with van der Waals surface area (Å²) in [5, 5.41) is 0.356. The molecular formula is C13H11Br2ClN2O2. The molecule has 20 heavy (non-hydrogen) atoms. The molecule has 0 saturated heterocycles. The first-order valence-electron chi connectivity index (χ1n) is 5.61. The number of hydrogen-bond acceptors (Lipinski definition) is 4. The Morgan fingerprint density at radius 1 is 1.20 bits per heavy atom. The summed E-state index contributed by atoms with van der Waals surface area (Å²) < 4.78 is 11.8. The van der Waals surface area contributed by atoms with Gasteiger partial charge in [0.15, 0.2) is 5.82 Å². The van der Waals surface area contributed by atoms with Crippen LogP contribution in [-0.4, -0.2) is 24.2 Å². The molecule has 0 N–H and O–H groups in total. The molecule has 7 heteroatoms. The Morgan fingerprint density at radius 2 is 1.95 bits per heavy atom. The Balaban J connectivity index is 2.49. The van der Waals surface area contributed by atoms with Crippen LogP contribution < -0.4 is 4.74 Å². The lowest BCUT2D eigenvalue weighted by Crippen LogP contribution is -2.00. The van der Waals surface area contributed by atoms with Gasteiger partial charge < -0.3 is 9.47 Å². The number of nitrogens with zero attached hydrogens (tertiary/aromatic N) is 2. The number of methoxy groups -OCH3 is 2. The summed E-state index contributed by atoms with van der Waals surface area (Å²) in [7, 11) is 3.22. The summed E-state index contributed by atoms with van der Waals surface area (Å²) in [6.45, 7) is 0.354. The summed E-state index contributed by atoms with van der Waals surface area (Å²) in [5.74, 6) is 1.28. The third-order valence-electron chi connectivity index (χ3n) is 2.57. The maximum Gasteiger partial charge on any atom is 0.161 e. The lowest BCUT2D eigenvalue weighted by atomic mass is 10.2. The smallest absolute Gasteiger partial charge is 0.161 e. The van der Waals surface area contributed by atoms with E-state index in [4.69, 9.17) is 21.1 Å². The normalized spacial score (nSPS) is 10.7. The third-order valence-corrected chi connectivity index (χ3v) is 4.53. The molecule has 0 fully saturated rings. The number of ether oxygens (including phenoxy) is 2. The molecule has 0 unspecified atom stereocenters. The second-order valence-electron chi connectivity index (χ2n) is 3.88. The molecular weight excluding hydrogens is 411 g/mol. The van der Waals surface area contributed by atoms with E-state index >= 15 is 0 Å². The van der Waals surface area contributed by atoms with Gasteiger partial charge in [0.25, 0.3) is 0 Å². The summed E-state index contributed by atoms with van der Waals surface area (Å²) >= 11 is 12.9. The summed E-state index contributed by atoms with van der Waals surface area (Å²) in [6, 6.07) is 5.60. The van der Waals surface area contributed by atoms with Crippen molar-refractivity contribution in [3.8, 4) is 17.1 Å². The third kappa shape index (κ3) is 3.31. The highest BCUT2D eigenvalue weighted by molar-refractivity contribution is 9.11. The van der Waals surface area contributed by atoms with Crippen molar-refractivity contribution < 1.29 is 9.47 Å². The maximum atomic E-state index is 6.11. The number of halogens is 3. The molecule has 106 valence electrons. The zero-order valence-electron chi connectivity index (χ0n) is 10.8. The first-order chi connectivity index (χ1) is 9.56. The van der Waals surface area contributed by atoms with Crippen molar-refractivity contribution >= 4 is 43.5 Å². The van der Waals surface area contributed by atoms with Crippen LogP contribution in [-0.2, 0) is 11.3 Å². The zero-order chi connectivity index (χ0) is 14.7. The highest BCUT2D eigenvalue weighted by atomic mass is 79.9. The van der Waals surface area contributed by atoms with E-state index in [1.807, 2.05) is 18.2 Å². The van der Waals surface area contributed by atoms with E-state index in [1.54, 1.807) is 14.2 Å². The van der Waals surface area contributed by atoms with Crippen LogP contribution in [0.15, 0.2) is 27.1 Å². The maximum absolute atomic E-state index is 6.11. The van der Waals surface area contributed by atoms with Gasteiger partial charge >= 0.3 is 0 Å². The van der Waals surface area contributed by atoms with Crippen molar-refractivity contribution in [3.63, 3.8) is 0 Å². The molecule has 0 aliphatic carbocycles. The molecule has 0 amide bonds. The molecule has 2 aromatic rings. The van der Waals surface area contributed by atoms with E-state index in [2.05, 4.69) is 41.8 Å². The first-order valence-corrected chi connectivity index (χ1v) is 7.58. The minimum Gasteiger partial charge on any atom is -0.496 e. The fraction of sp³-hybridized carbons (Fsp3) is 0.231. The van der Waals surface area contributed by atoms with Gasteiger partial charge in [-0.25, -0.2) is 9.97 Å². The van der Waals surface area contributed by atoms with Crippen molar-refractivity contribution in [2.75, 3.05) is 14.2 Å². The topological polar surface area (TPSA) is 44.2 Å². The molecule has 0 aliphatic rings.